The van der Waals surface area contributed by atoms with E-state index in [9.17, 15) is 4.79 Å². The molecule has 0 unspecified atom stereocenters. The average molecular weight is 277 g/mol. The van der Waals surface area contributed by atoms with Crippen LogP contribution in [-0.4, -0.2) is 32.3 Å². The maximum absolute atomic E-state index is 11.7. The topological polar surface area (TPSA) is 47.6 Å². The van der Waals surface area contributed by atoms with Gasteiger partial charge in [-0.25, -0.2) is 0 Å². The Morgan fingerprint density at radius 1 is 1.25 bits per heavy atom. The van der Waals surface area contributed by atoms with Gasteiger partial charge in [0.25, 0.3) is 0 Å². The summed E-state index contributed by atoms with van der Waals surface area (Å²) in [6, 6.07) is 10.7. The first-order chi connectivity index (χ1) is 9.74. The summed E-state index contributed by atoms with van der Waals surface area (Å²) >= 11 is 0. The molecule has 2 rings (SSSR count). The van der Waals surface area contributed by atoms with Gasteiger partial charge >= 0.3 is 5.97 Å². The molecule has 0 spiro atoms. The maximum atomic E-state index is 11.7. The van der Waals surface area contributed by atoms with E-state index in [4.69, 9.17) is 9.47 Å². The molecule has 0 heterocycles. The lowest BCUT2D eigenvalue weighted by atomic mass is 9.83. The lowest BCUT2D eigenvalue weighted by Crippen LogP contribution is -2.43. The van der Waals surface area contributed by atoms with Gasteiger partial charge in [-0.15, -0.1) is 0 Å². The third kappa shape index (κ3) is 3.81. The molecule has 4 heteroatoms. The van der Waals surface area contributed by atoms with Crippen LogP contribution in [0.25, 0.3) is 0 Å². The predicted molar refractivity (Wildman–Crippen MR) is 77.2 cm³/mol. The molecule has 1 aromatic rings. The van der Waals surface area contributed by atoms with E-state index in [1.54, 1.807) is 7.11 Å². The van der Waals surface area contributed by atoms with Crippen LogP contribution in [0, 0.1) is 5.92 Å². The van der Waals surface area contributed by atoms with E-state index in [2.05, 4.69) is 17.4 Å². The minimum atomic E-state index is -0.154. The fourth-order valence-corrected chi connectivity index (χ4v) is 2.85. The lowest BCUT2D eigenvalue weighted by Gasteiger charge is -2.34. The molecule has 0 bridgehead atoms. The van der Waals surface area contributed by atoms with Crippen molar-refractivity contribution in [2.75, 3.05) is 14.2 Å². The highest BCUT2D eigenvalue weighted by atomic mass is 16.5. The molecule has 1 aliphatic rings. The number of hydrogen-bond acceptors (Lipinski definition) is 4. The maximum Gasteiger partial charge on any atom is 0.311 e. The Morgan fingerprint density at radius 2 is 2.00 bits per heavy atom. The molecule has 1 saturated carbocycles. The Bertz CT molecular complexity index is 421. The van der Waals surface area contributed by atoms with E-state index in [1.165, 1.54) is 12.7 Å². The predicted octanol–water partition coefficient (Wildman–Crippen LogP) is 2.13. The van der Waals surface area contributed by atoms with Crippen molar-refractivity contribution in [1.82, 2.24) is 5.32 Å². The van der Waals surface area contributed by atoms with Crippen molar-refractivity contribution in [3.05, 3.63) is 35.9 Å². The van der Waals surface area contributed by atoms with E-state index in [0.717, 1.165) is 25.8 Å². The van der Waals surface area contributed by atoms with Crippen molar-refractivity contribution in [2.24, 2.45) is 5.92 Å². The van der Waals surface area contributed by atoms with E-state index in [-0.39, 0.29) is 18.0 Å². The molecule has 3 atom stereocenters. The zero-order chi connectivity index (χ0) is 14.4. The zero-order valence-electron chi connectivity index (χ0n) is 12.2. The monoisotopic (exact) mass is 277 g/mol. The van der Waals surface area contributed by atoms with Crippen molar-refractivity contribution in [1.29, 1.82) is 0 Å². The summed E-state index contributed by atoms with van der Waals surface area (Å²) in [6.45, 7) is 0.852. The number of carbonyl (C=O) groups is 1. The number of ether oxygens (including phenoxy) is 2. The molecule has 20 heavy (non-hydrogen) atoms. The molecule has 0 aliphatic heterocycles. The largest absolute Gasteiger partial charge is 0.469 e. The Kier molecular flexibility index (Phi) is 5.56. The van der Waals surface area contributed by atoms with Gasteiger partial charge in [-0.2, -0.15) is 0 Å². The van der Waals surface area contributed by atoms with Crippen LogP contribution >= 0.6 is 0 Å². The van der Waals surface area contributed by atoms with Crippen LogP contribution in [0.15, 0.2) is 30.3 Å². The highest BCUT2D eigenvalue weighted by Gasteiger charge is 2.35. The first-order valence-electron chi connectivity index (χ1n) is 7.12. The third-order valence-corrected chi connectivity index (χ3v) is 4.04. The first-order valence-corrected chi connectivity index (χ1v) is 7.12. The van der Waals surface area contributed by atoms with Gasteiger partial charge in [-0.3, -0.25) is 4.79 Å². The molecule has 4 nitrogen and oxygen atoms in total. The normalized spacial score (nSPS) is 26.2. The molecule has 0 radical (unpaired) electrons. The summed E-state index contributed by atoms with van der Waals surface area (Å²) in [5.74, 6) is -0.280. The number of rotatable bonds is 5. The van der Waals surface area contributed by atoms with Crippen LogP contribution in [0.1, 0.15) is 24.8 Å². The number of benzene rings is 1. The van der Waals surface area contributed by atoms with Crippen molar-refractivity contribution in [3.63, 3.8) is 0 Å². The van der Waals surface area contributed by atoms with E-state index in [0.29, 0.717) is 6.04 Å². The zero-order valence-corrected chi connectivity index (χ0v) is 12.2. The van der Waals surface area contributed by atoms with Gasteiger partial charge in [0.15, 0.2) is 0 Å². The minimum absolute atomic E-state index is 0.0514. The summed E-state index contributed by atoms with van der Waals surface area (Å²) in [7, 11) is 3.11. The van der Waals surface area contributed by atoms with Gasteiger partial charge < -0.3 is 14.8 Å². The molecule has 110 valence electrons. The van der Waals surface area contributed by atoms with Crippen LogP contribution in [0.3, 0.4) is 0 Å². The van der Waals surface area contributed by atoms with Crippen molar-refractivity contribution < 1.29 is 14.3 Å². The van der Waals surface area contributed by atoms with E-state index < -0.39 is 0 Å². The minimum Gasteiger partial charge on any atom is -0.469 e. The molecular formula is C16H23NO3. The van der Waals surface area contributed by atoms with Gasteiger partial charge in [0.2, 0.25) is 0 Å². The standard InChI is InChI=1S/C16H23NO3/c1-19-15-10-13(8-9-14(15)16(18)20-2)17-11-12-6-4-3-5-7-12/h3-7,13-15,17H,8-11H2,1-2H3/t13-,14-,15-/m1/s1. The molecular weight excluding hydrogens is 254 g/mol. The van der Waals surface area contributed by atoms with Gasteiger partial charge in [0.1, 0.15) is 0 Å². The van der Waals surface area contributed by atoms with Gasteiger partial charge in [-0.05, 0) is 24.8 Å². The first kappa shape index (κ1) is 15.0. The van der Waals surface area contributed by atoms with Crippen LogP contribution in [0.4, 0.5) is 0 Å². The van der Waals surface area contributed by atoms with E-state index in [1.807, 2.05) is 18.2 Å². The van der Waals surface area contributed by atoms with Crippen molar-refractivity contribution >= 4 is 5.97 Å². The number of methoxy groups -OCH3 is 2. The molecule has 1 N–H and O–H groups in total. The number of hydrogen-bond donors (Lipinski definition) is 1. The van der Waals surface area contributed by atoms with Crippen LogP contribution in [0.5, 0.6) is 0 Å². The Morgan fingerprint density at radius 3 is 2.65 bits per heavy atom. The molecule has 0 amide bonds. The van der Waals surface area contributed by atoms with Gasteiger partial charge in [0.05, 0.1) is 19.1 Å². The molecule has 1 fully saturated rings. The van der Waals surface area contributed by atoms with Crippen LogP contribution in [-0.2, 0) is 20.8 Å². The summed E-state index contributed by atoms with van der Waals surface area (Å²) in [5.41, 5.74) is 1.27. The number of carbonyl (C=O) groups excluding carboxylic acids is 1. The Hall–Kier alpha value is -1.39. The fourth-order valence-electron chi connectivity index (χ4n) is 2.85. The Balaban J connectivity index is 1.85. The second-order valence-corrected chi connectivity index (χ2v) is 5.28. The second kappa shape index (κ2) is 7.41. The molecule has 1 aromatic carbocycles. The van der Waals surface area contributed by atoms with Gasteiger partial charge in [-0.1, -0.05) is 30.3 Å². The summed E-state index contributed by atoms with van der Waals surface area (Å²) < 4.78 is 10.3. The molecule has 0 saturated heterocycles. The third-order valence-electron chi connectivity index (χ3n) is 4.04. The highest BCUT2D eigenvalue weighted by Crippen LogP contribution is 2.28. The summed E-state index contributed by atoms with van der Waals surface area (Å²) in [6.07, 6.45) is 2.59. The average Bonchev–Trinajstić information content (AvgIpc) is 2.52. The molecule has 0 aromatic heterocycles. The number of esters is 1. The smallest absolute Gasteiger partial charge is 0.311 e. The SMILES string of the molecule is COC(=O)[C@@H]1CC[C@@H](NCc2ccccc2)C[C@H]1OC. The van der Waals surface area contributed by atoms with E-state index >= 15 is 0 Å². The summed E-state index contributed by atoms with van der Waals surface area (Å²) in [4.78, 5) is 11.7. The van der Waals surface area contributed by atoms with Crippen LogP contribution < -0.4 is 5.32 Å². The fraction of sp³-hybridized carbons (Fsp3) is 0.562. The van der Waals surface area contributed by atoms with Crippen molar-refractivity contribution in [3.8, 4) is 0 Å². The molecule has 1 aliphatic carbocycles. The summed E-state index contributed by atoms with van der Waals surface area (Å²) in [5, 5.41) is 3.55. The van der Waals surface area contributed by atoms with Crippen molar-refractivity contribution in [2.45, 2.75) is 38.0 Å². The lowest BCUT2D eigenvalue weighted by molar-refractivity contribution is -0.152. The quantitative estimate of drug-likeness (QED) is 0.838. The highest BCUT2D eigenvalue weighted by molar-refractivity contribution is 5.73. The van der Waals surface area contributed by atoms with Gasteiger partial charge in [0, 0.05) is 19.7 Å². The van der Waals surface area contributed by atoms with Crippen LogP contribution in [0.2, 0.25) is 0 Å². The number of nitrogens with one attached hydrogen (secondary N) is 1. The second-order valence-electron chi connectivity index (χ2n) is 5.28. The Labute approximate surface area is 120 Å².